The summed E-state index contributed by atoms with van der Waals surface area (Å²) >= 11 is 0. The number of rotatable bonds is 3. The van der Waals surface area contributed by atoms with Gasteiger partial charge in [-0.05, 0) is 25.7 Å². The van der Waals surface area contributed by atoms with Crippen LogP contribution < -0.4 is 5.32 Å². The summed E-state index contributed by atoms with van der Waals surface area (Å²) in [6, 6.07) is -0.376. The van der Waals surface area contributed by atoms with Crippen molar-refractivity contribution in [3.8, 4) is 0 Å². The highest BCUT2D eigenvalue weighted by Gasteiger charge is 2.36. The zero-order chi connectivity index (χ0) is 14.0. The average molecular weight is 270 g/mol. The fourth-order valence-electron chi connectivity index (χ4n) is 2.57. The standard InChI is InChI=1S/C12H18N2O5/c15-10(16)7-2-1-3-14(6-7)12(19)13-9-4-8(5-9)11(17)18/h7-9H,1-6H2,(H,13,19)(H,15,16)(H,17,18)/t7-,8?,9?/m1/s1. The highest BCUT2D eigenvalue weighted by atomic mass is 16.4. The van der Waals surface area contributed by atoms with E-state index in [4.69, 9.17) is 10.2 Å². The molecular weight excluding hydrogens is 252 g/mol. The SMILES string of the molecule is O=C(O)C1CC(NC(=O)N2CCC[C@@H](C(=O)O)C2)C1. The van der Waals surface area contributed by atoms with E-state index >= 15 is 0 Å². The van der Waals surface area contributed by atoms with Crippen LogP contribution in [0.2, 0.25) is 0 Å². The highest BCUT2D eigenvalue weighted by Crippen LogP contribution is 2.27. The van der Waals surface area contributed by atoms with E-state index in [1.165, 1.54) is 4.90 Å². The monoisotopic (exact) mass is 270 g/mol. The predicted molar refractivity (Wildman–Crippen MR) is 64.6 cm³/mol. The van der Waals surface area contributed by atoms with Crippen LogP contribution in [0.4, 0.5) is 4.79 Å². The van der Waals surface area contributed by atoms with Crippen molar-refractivity contribution in [1.29, 1.82) is 0 Å². The Morgan fingerprint density at radius 2 is 1.68 bits per heavy atom. The van der Waals surface area contributed by atoms with E-state index in [2.05, 4.69) is 5.32 Å². The Balaban J connectivity index is 1.77. The van der Waals surface area contributed by atoms with E-state index in [0.717, 1.165) is 0 Å². The van der Waals surface area contributed by atoms with Crippen LogP contribution >= 0.6 is 0 Å². The number of carbonyl (C=O) groups is 3. The van der Waals surface area contributed by atoms with Gasteiger partial charge in [0.2, 0.25) is 0 Å². The second kappa shape index (κ2) is 5.46. The lowest BCUT2D eigenvalue weighted by Gasteiger charge is -2.36. The number of nitrogens with zero attached hydrogens (tertiary/aromatic N) is 1. The molecule has 1 saturated carbocycles. The van der Waals surface area contributed by atoms with Gasteiger partial charge in [0.15, 0.2) is 0 Å². The van der Waals surface area contributed by atoms with Gasteiger partial charge in [-0.3, -0.25) is 9.59 Å². The summed E-state index contributed by atoms with van der Waals surface area (Å²) in [4.78, 5) is 35.0. The number of amides is 2. The third-order valence-electron chi connectivity index (χ3n) is 3.87. The molecule has 1 atom stereocenters. The molecule has 2 amide bonds. The molecule has 1 saturated heterocycles. The lowest BCUT2D eigenvalue weighted by Crippen LogP contribution is -2.53. The Hall–Kier alpha value is -1.79. The Kier molecular flexibility index (Phi) is 3.92. The molecule has 19 heavy (non-hydrogen) atoms. The molecule has 1 heterocycles. The van der Waals surface area contributed by atoms with Crippen molar-refractivity contribution >= 4 is 18.0 Å². The number of carboxylic acid groups (broad SMARTS) is 2. The number of hydrogen-bond donors (Lipinski definition) is 3. The van der Waals surface area contributed by atoms with Crippen LogP contribution in [0.1, 0.15) is 25.7 Å². The number of urea groups is 1. The molecule has 0 bridgehead atoms. The first kappa shape index (κ1) is 13.6. The van der Waals surface area contributed by atoms with Gasteiger partial charge in [-0.25, -0.2) is 4.79 Å². The Labute approximate surface area is 110 Å². The molecule has 1 aliphatic carbocycles. The van der Waals surface area contributed by atoms with Crippen LogP contribution in [0.15, 0.2) is 0 Å². The van der Waals surface area contributed by atoms with Gasteiger partial charge in [0.25, 0.3) is 0 Å². The largest absolute Gasteiger partial charge is 0.481 e. The van der Waals surface area contributed by atoms with E-state index in [9.17, 15) is 14.4 Å². The number of piperidine rings is 1. The van der Waals surface area contributed by atoms with Crippen LogP contribution in [0.3, 0.4) is 0 Å². The van der Waals surface area contributed by atoms with Crippen LogP contribution in [0.5, 0.6) is 0 Å². The molecule has 0 unspecified atom stereocenters. The van der Waals surface area contributed by atoms with Crippen molar-refractivity contribution in [1.82, 2.24) is 10.2 Å². The molecule has 2 rings (SSSR count). The van der Waals surface area contributed by atoms with E-state index in [1.807, 2.05) is 0 Å². The summed E-state index contributed by atoms with van der Waals surface area (Å²) in [5.41, 5.74) is 0. The summed E-state index contributed by atoms with van der Waals surface area (Å²) in [5.74, 6) is -2.55. The predicted octanol–water partition coefficient (Wildman–Crippen LogP) is 0.356. The minimum absolute atomic E-state index is 0.0983. The number of hydrogen-bond acceptors (Lipinski definition) is 3. The molecule has 2 fully saturated rings. The third-order valence-corrected chi connectivity index (χ3v) is 3.87. The molecule has 7 heteroatoms. The van der Waals surface area contributed by atoms with E-state index in [-0.39, 0.29) is 24.5 Å². The Morgan fingerprint density at radius 1 is 1.05 bits per heavy atom. The van der Waals surface area contributed by atoms with Crippen LogP contribution in [0.25, 0.3) is 0 Å². The molecule has 0 aromatic carbocycles. The number of likely N-dealkylation sites (tertiary alicyclic amines) is 1. The van der Waals surface area contributed by atoms with Gasteiger partial charge in [-0.15, -0.1) is 0 Å². The Bertz CT molecular complexity index is 392. The fourth-order valence-corrected chi connectivity index (χ4v) is 2.57. The lowest BCUT2D eigenvalue weighted by atomic mass is 9.80. The summed E-state index contributed by atoms with van der Waals surface area (Å²) in [6.07, 6.45) is 2.20. The second-order valence-electron chi connectivity index (χ2n) is 5.28. The van der Waals surface area contributed by atoms with Gasteiger partial charge in [0.05, 0.1) is 11.8 Å². The molecule has 0 aromatic rings. The minimum Gasteiger partial charge on any atom is -0.481 e. The maximum Gasteiger partial charge on any atom is 0.317 e. The van der Waals surface area contributed by atoms with Crippen molar-refractivity contribution in [2.45, 2.75) is 31.7 Å². The summed E-state index contributed by atoms with van der Waals surface area (Å²) in [5, 5.41) is 20.5. The quantitative estimate of drug-likeness (QED) is 0.686. The number of nitrogens with one attached hydrogen (secondary N) is 1. The highest BCUT2D eigenvalue weighted by molar-refractivity contribution is 5.77. The second-order valence-corrected chi connectivity index (χ2v) is 5.28. The first-order valence-corrected chi connectivity index (χ1v) is 6.48. The summed E-state index contributed by atoms with van der Waals surface area (Å²) in [6.45, 7) is 0.793. The lowest BCUT2D eigenvalue weighted by molar-refractivity contribution is -0.145. The van der Waals surface area contributed by atoms with Gasteiger partial charge in [0.1, 0.15) is 0 Å². The van der Waals surface area contributed by atoms with E-state index in [0.29, 0.717) is 32.2 Å². The molecule has 2 aliphatic rings. The molecule has 0 radical (unpaired) electrons. The third kappa shape index (κ3) is 3.15. The van der Waals surface area contributed by atoms with Crippen molar-refractivity contribution in [2.24, 2.45) is 11.8 Å². The van der Waals surface area contributed by atoms with E-state index in [1.54, 1.807) is 0 Å². The normalized spacial score (nSPS) is 30.3. The first-order chi connectivity index (χ1) is 8.97. The zero-order valence-electron chi connectivity index (χ0n) is 10.5. The fraction of sp³-hybridized carbons (Fsp3) is 0.750. The van der Waals surface area contributed by atoms with Crippen molar-refractivity contribution in [2.75, 3.05) is 13.1 Å². The van der Waals surface area contributed by atoms with Gasteiger partial charge in [-0.1, -0.05) is 0 Å². The molecule has 0 aromatic heterocycles. The van der Waals surface area contributed by atoms with Gasteiger partial charge >= 0.3 is 18.0 Å². The maximum atomic E-state index is 11.9. The molecule has 1 aliphatic heterocycles. The van der Waals surface area contributed by atoms with Crippen molar-refractivity contribution in [3.63, 3.8) is 0 Å². The summed E-state index contributed by atoms with van der Waals surface area (Å²) < 4.78 is 0. The van der Waals surface area contributed by atoms with Gasteiger partial charge in [-0.2, -0.15) is 0 Å². The van der Waals surface area contributed by atoms with Crippen LogP contribution in [-0.4, -0.2) is 52.2 Å². The Morgan fingerprint density at radius 3 is 2.26 bits per heavy atom. The van der Waals surface area contributed by atoms with Crippen molar-refractivity contribution < 1.29 is 24.6 Å². The molecule has 7 nitrogen and oxygen atoms in total. The maximum absolute atomic E-state index is 11.9. The van der Waals surface area contributed by atoms with Gasteiger partial charge in [0, 0.05) is 19.1 Å². The number of carboxylic acids is 2. The summed E-state index contributed by atoms with van der Waals surface area (Å²) in [7, 11) is 0. The van der Waals surface area contributed by atoms with Crippen molar-refractivity contribution in [3.05, 3.63) is 0 Å². The average Bonchev–Trinajstić information content (AvgIpc) is 2.32. The molecular formula is C12H18N2O5. The molecule has 3 N–H and O–H groups in total. The smallest absolute Gasteiger partial charge is 0.317 e. The number of carbonyl (C=O) groups excluding carboxylic acids is 1. The topological polar surface area (TPSA) is 107 Å². The zero-order valence-corrected chi connectivity index (χ0v) is 10.5. The number of aliphatic carboxylic acids is 2. The molecule has 0 spiro atoms. The van der Waals surface area contributed by atoms with Crippen LogP contribution in [0, 0.1) is 11.8 Å². The van der Waals surface area contributed by atoms with E-state index < -0.39 is 17.9 Å². The minimum atomic E-state index is -0.868. The first-order valence-electron chi connectivity index (χ1n) is 6.48. The molecule has 106 valence electrons. The van der Waals surface area contributed by atoms with Crippen LogP contribution in [-0.2, 0) is 9.59 Å². The van der Waals surface area contributed by atoms with Gasteiger partial charge < -0.3 is 20.4 Å².